The summed E-state index contributed by atoms with van der Waals surface area (Å²) in [4.78, 5) is 12.9. The van der Waals surface area contributed by atoms with E-state index in [4.69, 9.17) is 4.42 Å². The summed E-state index contributed by atoms with van der Waals surface area (Å²) in [5.74, 6) is 0.481. The van der Waals surface area contributed by atoms with E-state index in [2.05, 4.69) is 5.32 Å². The number of rotatable bonds is 4. The van der Waals surface area contributed by atoms with Crippen molar-refractivity contribution in [2.75, 3.05) is 5.32 Å². The van der Waals surface area contributed by atoms with E-state index in [1.165, 1.54) is 5.56 Å². The third-order valence-corrected chi connectivity index (χ3v) is 3.79. The maximum Gasteiger partial charge on any atom is 0.256 e. The van der Waals surface area contributed by atoms with E-state index in [0.29, 0.717) is 11.3 Å². The molecule has 0 aliphatic rings. The molecular formula is C21H19NO2. The second-order valence-electron chi connectivity index (χ2n) is 5.71. The first kappa shape index (κ1) is 15.8. The largest absolute Gasteiger partial charge is 0.465 e. The van der Waals surface area contributed by atoms with Crippen LogP contribution in [0.4, 0.5) is 5.69 Å². The summed E-state index contributed by atoms with van der Waals surface area (Å²) < 4.78 is 5.37. The molecule has 0 fully saturated rings. The van der Waals surface area contributed by atoms with Crippen molar-refractivity contribution < 1.29 is 9.21 Å². The molecule has 0 atom stereocenters. The van der Waals surface area contributed by atoms with Gasteiger partial charge in [-0.1, -0.05) is 48.0 Å². The van der Waals surface area contributed by atoms with Gasteiger partial charge in [-0.05, 0) is 49.2 Å². The monoisotopic (exact) mass is 317 g/mol. The topological polar surface area (TPSA) is 42.2 Å². The maximum atomic E-state index is 12.9. The van der Waals surface area contributed by atoms with Gasteiger partial charge >= 0.3 is 0 Å². The molecule has 1 heterocycles. The number of hydrogen-bond donors (Lipinski definition) is 1. The lowest BCUT2D eigenvalue weighted by Crippen LogP contribution is -2.14. The molecule has 0 aliphatic heterocycles. The number of anilines is 1. The van der Waals surface area contributed by atoms with E-state index < -0.39 is 0 Å². The van der Waals surface area contributed by atoms with Gasteiger partial charge in [0.25, 0.3) is 5.91 Å². The van der Waals surface area contributed by atoms with Gasteiger partial charge < -0.3 is 9.73 Å². The van der Waals surface area contributed by atoms with Crippen LogP contribution in [-0.2, 0) is 4.79 Å². The Bertz CT molecular complexity index is 862. The summed E-state index contributed by atoms with van der Waals surface area (Å²) in [6.45, 7) is 4.02. The van der Waals surface area contributed by atoms with Crippen molar-refractivity contribution in [3.63, 3.8) is 0 Å². The highest BCUT2D eigenvalue weighted by molar-refractivity contribution is 6.29. The van der Waals surface area contributed by atoms with Crippen LogP contribution in [0.2, 0.25) is 0 Å². The zero-order chi connectivity index (χ0) is 16.9. The molecule has 3 rings (SSSR count). The Morgan fingerprint density at radius 1 is 1.00 bits per heavy atom. The van der Waals surface area contributed by atoms with Crippen LogP contribution in [0.1, 0.15) is 22.5 Å². The zero-order valence-corrected chi connectivity index (χ0v) is 13.7. The summed E-state index contributed by atoms with van der Waals surface area (Å²) in [6, 6.07) is 19.2. The van der Waals surface area contributed by atoms with Gasteiger partial charge in [0.05, 0.1) is 11.8 Å². The number of carbonyl (C=O) groups excluding carboxylic acids is 1. The van der Waals surface area contributed by atoms with Crippen LogP contribution in [0.15, 0.2) is 71.3 Å². The second kappa shape index (κ2) is 7.01. The van der Waals surface area contributed by atoms with E-state index >= 15 is 0 Å². The van der Waals surface area contributed by atoms with Crippen LogP contribution in [-0.4, -0.2) is 5.91 Å². The van der Waals surface area contributed by atoms with Gasteiger partial charge in [-0.3, -0.25) is 4.79 Å². The minimum atomic E-state index is -0.162. The second-order valence-corrected chi connectivity index (χ2v) is 5.71. The summed E-state index contributed by atoms with van der Waals surface area (Å²) in [5, 5.41) is 3.00. The van der Waals surface area contributed by atoms with E-state index in [0.717, 1.165) is 16.8 Å². The third-order valence-electron chi connectivity index (χ3n) is 3.79. The number of aryl methyl sites for hydroxylation is 2. The Kier molecular flexibility index (Phi) is 4.62. The van der Waals surface area contributed by atoms with Crippen LogP contribution in [0.25, 0.3) is 11.6 Å². The van der Waals surface area contributed by atoms with Crippen molar-refractivity contribution in [2.24, 2.45) is 0 Å². The summed E-state index contributed by atoms with van der Waals surface area (Å²) in [5.41, 5.74) is 4.42. The van der Waals surface area contributed by atoms with Gasteiger partial charge in [0.1, 0.15) is 5.76 Å². The molecule has 24 heavy (non-hydrogen) atoms. The molecule has 120 valence electrons. The SMILES string of the molecule is Cc1ccc(NC(=O)C(=Cc2ccco2)c2ccccc2)c(C)c1. The lowest BCUT2D eigenvalue weighted by atomic mass is 10.0. The van der Waals surface area contributed by atoms with E-state index in [9.17, 15) is 4.79 Å². The molecule has 0 unspecified atom stereocenters. The molecule has 3 aromatic rings. The number of hydrogen-bond acceptors (Lipinski definition) is 2. The molecule has 1 N–H and O–H groups in total. The third kappa shape index (κ3) is 3.63. The van der Waals surface area contributed by atoms with Gasteiger partial charge in [-0.25, -0.2) is 0 Å². The molecule has 0 radical (unpaired) electrons. The molecule has 0 saturated heterocycles. The van der Waals surface area contributed by atoms with Crippen LogP contribution in [0.3, 0.4) is 0 Å². The van der Waals surface area contributed by atoms with E-state index in [1.54, 1.807) is 18.4 Å². The van der Waals surface area contributed by atoms with Crippen molar-refractivity contribution in [1.82, 2.24) is 0 Å². The first-order chi connectivity index (χ1) is 11.6. The first-order valence-electron chi connectivity index (χ1n) is 7.83. The lowest BCUT2D eigenvalue weighted by Gasteiger charge is -2.12. The Balaban J connectivity index is 1.95. The first-order valence-corrected chi connectivity index (χ1v) is 7.83. The summed E-state index contributed by atoms with van der Waals surface area (Å²) >= 11 is 0. The highest BCUT2D eigenvalue weighted by Crippen LogP contribution is 2.22. The summed E-state index contributed by atoms with van der Waals surface area (Å²) in [6.07, 6.45) is 3.35. The molecule has 0 bridgehead atoms. The molecule has 0 spiro atoms. The molecule has 0 aliphatic carbocycles. The Morgan fingerprint density at radius 2 is 1.79 bits per heavy atom. The average Bonchev–Trinajstić information content (AvgIpc) is 3.09. The van der Waals surface area contributed by atoms with Crippen molar-refractivity contribution in [3.8, 4) is 0 Å². The number of benzene rings is 2. The number of carbonyl (C=O) groups is 1. The molecule has 3 nitrogen and oxygen atoms in total. The Hall–Kier alpha value is -3.07. The minimum Gasteiger partial charge on any atom is -0.465 e. The average molecular weight is 317 g/mol. The molecule has 2 aromatic carbocycles. The maximum absolute atomic E-state index is 12.9. The standard InChI is InChI=1S/C21H19NO2/c1-15-10-11-20(16(2)13-15)22-21(23)19(14-18-9-6-12-24-18)17-7-4-3-5-8-17/h3-14H,1-2H3,(H,22,23). The van der Waals surface area contributed by atoms with Crippen LogP contribution in [0, 0.1) is 13.8 Å². The van der Waals surface area contributed by atoms with Crippen molar-refractivity contribution in [2.45, 2.75) is 13.8 Å². The number of nitrogens with one attached hydrogen (secondary N) is 1. The molecule has 3 heteroatoms. The Labute approximate surface area is 141 Å². The van der Waals surface area contributed by atoms with Crippen molar-refractivity contribution in [1.29, 1.82) is 0 Å². The molecule has 0 saturated carbocycles. The smallest absolute Gasteiger partial charge is 0.256 e. The van der Waals surface area contributed by atoms with Crippen LogP contribution >= 0.6 is 0 Å². The number of furan rings is 1. The fourth-order valence-electron chi connectivity index (χ4n) is 2.56. The highest BCUT2D eigenvalue weighted by atomic mass is 16.3. The summed E-state index contributed by atoms with van der Waals surface area (Å²) in [7, 11) is 0. The minimum absolute atomic E-state index is 0.162. The van der Waals surface area contributed by atoms with E-state index in [1.807, 2.05) is 68.4 Å². The predicted molar refractivity (Wildman–Crippen MR) is 97.6 cm³/mol. The van der Waals surface area contributed by atoms with Crippen LogP contribution < -0.4 is 5.32 Å². The van der Waals surface area contributed by atoms with Gasteiger partial charge in [-0.2, -0.15) is 0 Å². The normalized spacial score (nSPS) is 11.3. The lowest BCUT2D eigenvalue weighted by molar-refractivity contribution is -0.111. The fraction of sp³-hybridized carbons (Fsp3) is 0.0952. The van der Waals surface area contributed by atoms with Crippen molar-refractivity contribution >= 4 is 23.2 Å². The molecule has 1 aromatic heterocycles. The van der Waals surface area contributed by atoms with Crippen molar-refractivity contribution in [3.05, 3.63) is 89.4 Å². The highest BCUT2D eigenvalue weighted by Gasteiger charge is 2.14. The van der Waals surface area contributed by atoms with Gasteiger partial charge in [0, 0.05) is 5.69 Å². The molecule has 1 amide bonds. The van der Waals surface area contributed by atoms with Gasteiger partial charge in [0.2, 0.25) is 0 Å². The Morgan fingerprint density at radius 3 is 2.46 bits per heavy atom. The quantitative estimate of drug-likeness (QED) is 0.682. The van der Waals surface area contributed by atoms with Gasteiger partial charge in [0.15, 0.2) is 0 Å². The number of amides is 1. The zero-order valence-electron chi connectivity index (χ0n) is 13.7. The van der Waals surface area contributed by atoms with Crippen LogP contribution in [0.5, 0.6) is 0 Å². The predicted octanol–water partition coefficient (Wildman–Crippen LogP) is 5.08. The van der Waals surface area contributed by atoms with Gasteiger partial charge in [-0.15, -0.1) is 0 Å². The fourth-order valence-corrected chi connectivity index (χ4v) is 2.56. The van der Waals surface area contributed by atoms with E-state index in [-0.39, 0.29) is 5.91 Å². The molecular weight excluding hydrogens is 298 g/mol.